The third kappa shape index (κ3) is 16.8. The normalized spacial score (nSPS) is 46.1. The molecule has 0 aromatic carbocycles. The molecule has 0 aromatic heterocycles. The molecular weight excluding hydrogens is 1470 g/mol. The van der Waals surface area contributed by atoms with E-state index in [1.807, 2.05) is 0 Å². The van der Waals surface area contributed by atoms with Gasteiger partial charge in [-0.3, -0.25) is 28.8 Å². The zero-order valence-corrected chi connectivity index (χ0v) is 77.0. The molecule has 2 unspecified atom stereocenters. The van der Waals surface area contributed by atoms with Gasteiger partial charge in [-0.05, 0) is 375 Å². The molecule has 0 radical (unpaired) electrons. The second-order valence-electron chi connectivity index (χ2n) is 46.0. The number of ether oxygens (including phenoxy) is 4. The number of fused-ring (bicyclic) bond motifs is 20. The molecule has 0 heterocycles. The Labute approximate surface area is 719 Å². The summed E-state index contributed by atoms with van der Waals surface area (Å²) in [5.74, 6) is 16.1. The van der Waals surface area contributed by atoms with Crippen molar-refractivity contribution in [3.8, 4) is 0 Å². The molecule has 16 rings (SSSR count). The zero-order valence-electron chi connectivity index (χ0n) is 77.0. The van der Waals surface area contributed by atoms with Crippen molar-refractivity contribution in [1.82, 2.24) is 0 Å². The highest BCUT2D eigenvalue weighted by atomic mass is 16.5. The number of carbonyl (C=O) groups is 6. The van der Waals surface area contributed by atoms with Crippen LogP contribution in [-0.4, -0.2) is 86.3 Å². The standard InChI is InChI=1S/3C26H42O3.C26H40O3.2CH4/c4*1-16-12-13-25(3)18(14-16)7-8-19-21-10-9-20(17(2)6-11-24(28)29-5)26(21,4)23(27)15-22(19)25;;/h16-22H,6-15H2,1-5H3;2*15-21,23,27H,6-14H2,1-5H3;15-21H,6-14H2,1-5H3;2*1H4/t16-,17-,18-,19+,20-,21+,22?,25+,26-;16-,17-,18-,19+,20-,21+,23?,25+,26-;16-,17-,18-,19+,20-,21+,23-,25+,26-;16-,17-,18-,19+,20-,21+,25+,26-;;/m1111../s1. The predicted octanol–water partition coefficient (Wildman–Crippen LogP) is 24.8. The van der Waals surface area contributed by atoms with Gasteiger partial charge in [-0.2, -0.15) is 0 Å². The first-order valence-corrected chi connectivity index (χ1v) is 48.7. The summed E-state index contributed by atoms with van der Waals surface area (Å²) in [5.41, 5.74) is 5.54. The van der Waals surface area contributed by atoms with Gasteiger partial charge in [0.2, 0.25) is 0 Å². The van der Waals surface area contributed by atoms with E-state index in [-0.39, 0.29) is 78.0 Å². The second-order valence-corrected chi connectivity index (χ2v) is 46.0. The summed E-state index contributed by atoms with van der Waals surface area (Å²) >= 11 is 0. The van der Waals surface area contributed by atoms with E-state index in [9.17, 15) is 39.0 Å². The van der Waals surface area contributed by atoms with Crippen molar-refractivity contribution in [1.29, 1.82) is 0 Å². The van der Waals surface area contributed by atoms with Crippen molar-refractivity contribution in [2.75, 3.05) is 28.4 Å². The maximum Gasteiger partial charge on any atom is 0.305 e. The number of esters is 4. The van der Waals surface area contributed by atoms with Crippen molar-refractivity contribution in [3.63, 3.8) is 0 Å². The molecule has 0 bridgehead atoms. The Balaban J connectivity index is 0.000000153. The third-order valence-corrected chi connectivity index (χ3v) is 40.9. The van der Waals surface area contributed by atoms with Gasteiger partial charge in [0.1, 0.15) is 5.78 Å². The van der Waals surface area contributed by atoms with E-state index in [1.165, 1.54) is 201 Å². The van der Waals surface area contributed by atoms with Crippen LogP contribution in [0.4, 0.5) is 0 Å². The Morgan fingerprint density at radius 3 is 1.10 bits per heavy atom. The first-order chi connectivity index (χ1) is 54.8. The molecule has 0 aliphatic heterocycles. The van der Waals surface area contributed by atoms with E-state index in [0.717, 1.165) is 98.2 Å². The number of rotatable bonds is 16. The van der Waals surface area contributed by atoms with Crippen molar-refractivity contribution in [3.05, 3.63) is 34.9 Å². The molecule has 35 atom stereocenters. The number of aliphatic hydroxyl groups excluding tert-OH is 2. The van der Waals surface area contributed by atoms with Crippen LogP contribution in [0.1, 0.15) is 363 Å². The van der Waals surface area contributed by atoms with Crippen LogP contribution < -0.4 is 0 Å². The highest BCUT2D eigenvalue weighted by molar-refractivity contribution is 5.97. The summed E-state index contributed by atoms with van der Waals surface area (Å²) < 4.78 is 19.4. The molecule has 118 heavy (non-hydrogen) atoms. The lowest BCUT2D eigenvalue weighted by molar-refractivity contribution is -0.158. The van der Waals surface area contributed by atoms with Gasteiger partial charge in [0.15, 0.2) is 5.78 Å². The molecule has 16 aliphatic rings. The van der Waals surface area contributed by atoms with E-state index in [0.29, 0.717) is 148 Å². The Hall–Kier alpha value is -3.64. The first kappa shape index (κ1) is 95.0. The maximum absolute atomic E-state index is 13.8. The lowest BCUT2D eigenvalue weighted by Gasteiger charge is -2.60. The molecule has 16 aliphatic carbocycles. The van der Waals surface area contributed by atoms with E-state index in [1.54, 1.807) is 11.1 Å². The summed E-state index contributed by atoms with van der Waals surface area (Å²) in [5, 5.41) is 23.0. The van der Waals surface area contributed by atoms with E-state index >= 15 is 0 Å². The van der Waals surface area contributed by atoms with Crippen molar-refractivity contribution < 1.29 is 57.9 Å². The lowest BCUT2D eigenvalue weighted by atomic mass is 9.43. The number of allylic oxidation sites excluding steroid dienone is 4. The first-order valence-electron chi connectivity index (χ1n) is 48.7. The van der Waals surface area contributed by atoms with Crippen LogP contribution in [0, 0.1) is 191 Å². The molecule has 13 fully saturated rings. The number of hydrogen-bond donors (Lipinski definition) is 2. The summed E-state index contributed by atoms with van der Waals surface area (Å²) in [7, 11) is 5.87. The van der Waals surface area contributed by atoms with Crippen LogP contribution in [0.5, 0.6) is 0 Å². The number of aliphatic hydroxyl groups is 2. The van der Waals surface area contributed by atoms with Gasteiger partial charge in [-0.15, -0.1) is 0 Å². The molecule has 12 nitrogen and oxygen atoms in total. The topological polar surface area (TPSA) is 180 Å². The molecule has 0 spiro atoms. The molecule has 670 valence electrons. The SMILES string of the molecule is C.C.COC(=O)CC[C@@H](C)[C@H]1CC[C@H]2[C@@H]3CC[C@@H]4C[C@H](C)CC[C@]4(C)C3=CC(=O)[C@]12C.COC(=O)CC[C@@H](C)[C@H]1CC[C@H]2[C@@H]3CC[C@@H]4C[C@H](C)CC[C@]4(C)C3=CC(O)[C@]12C.COC(=O)CC[C@@H](C)[C@H]1CC[C@H]2[C@@H]3CC[C@@H]4C[C@H](C)CC[C@]4(C)C3=C[C@@H](O)[C@]12C.COC(=O)CC[C@@H](C)[C@H]1CC[C@H]2[C@@H]3CC[C@@H]4C[C@H](C)CC[C@]4(C)C3CC(=O)[C@]12C. The van der Waals surface area contributed by atoms with E-state index in [4.69, 9.17) is 18.9 Å². The van der Waals surface area contributed by atoms with Gasteiger partial charge in [-0.25, -0.2) is 0 Å². The van der Waals surface area contributed by atoms with Gasteiger partial charge >= 0.3 is 23.9 Å². The van der Waals surface area contributed by atoms with Crippen LogP contribution in [0.25, 0.3) is 0 Å². The Kier molecular flexibility index (Phi) is 29.9. The number of hydrogen-bond acceptors (Lipinski definition) is 12. The van der Waals surface area contributed by atoms with Crippen LogP contribution in [0.2, 0.25) is 0 Å². The van der Waals surface area contributed by atoms with Gasteiger partial charge < -0.3 is 29.2 Å². The lowest BCUT2D eigenvalue weighted by Crippen LogP contribution is -2.57. The molecule has 12 heteroatoms. The minimum Gasteiger partial charge on any atom is -0.469 e. The van der Waals surface area contributed by atoms with Crippen LogP contribution >= 0.6 is 0 Å². The maximum atomic E-state index is 13.8. The molecule has 13 saturated carbocycles. The predicted molar refractivity (Wildman–Crippen MR) is 476 cm³/mol. The highest BCUT2D eigenvalue weighted by Crippen LogP contribution is 2.73. The van der Waals surface area contributed by atoms with Gasteiger partial charge in [-0.1, -0.05) is 161 Å². The quantitative estimate of drug-likeness (QED) is 0.0850. The Morgan fingerprint density at radius 2 is 0.703 bits per heavy atom. The summed E-state index contributed by atoms with van der Waals surface area (Å²) in [6.07, 6.45) is 48.5. The zero-order chi connectivity index (χ0) is 83.9. The van der Waals surface area contributed by atoms with Crippen molar-refractivity contribution in [2.24, 2.45) is 191 Å². The summed E-state index contributed by atoms with van der Waals surface area (Å²) in [4.78, 5) is 74.0. The molecule has 2 N–H and O–H groups in total. The minimum absolute atomic E-state index is 0. The average molecular weight is 1640 g/mol. The van der Waals surface area contributed by atoms with Crippen LogP contribution in [-0.2, 0) is 47.7 Å². The van der Waals surface area contributed by atoms with Crippen LogP contribution in [0.3, 0.4) is 0 Å². The minimum atomic E-state index is -0.346. The molecular formula is C106H174O12. The fraction of sp³-hybridized carbons (Fsp3) is 0.887. The van der Waals surface area contributed by atoms with Gasteiger partial charge in [0.25, 0.3) is 0 Å². The fourth-order valence-corrected chi connectivity index (χ4v) is 33.6. The van der Waals surface area contributed by atoms with E-state index < -0.39 is 0 Å². The number of Topliss-reactive ketones (excluding diaryl/α,β-unsaturated/α-hetero) is 1. The number of ketones is 2. The number of methoxy groups -OCH3 is 4. The van der Waals surface area contributed by atoms with Gasteiger partial charge in [0, 0.05) is 53.8 Å². The van der Waals surface area contributed by atoms with E-state index in [2.05, 4.69) is 129 Å². The highest BCUT2D eigenvalue weighted by Gasteiger charge is 2.67. The Bertz CT molecular complexity index is 3510. The summed E-state index contributed by atoms with van der Waals surface area (Å²) in [6.45, 7) is 38.1. The van der Waals surface area contributed by atoms with Crippen molar-refractivity contribution in [2.45, 2.75) is 375 Å². The van der Waals surface area contributed by atoms with Crippen LogP contribution in [0.15, 0.2) is 34.9 Å². The Morgan fingerprint density at radius 1 is 0.381 bits per heavy atom. The largest absolute Gasteiger partial charge is 0.469 e. The third-order valence-electron chi connectivity index (χ3n) is 40.9. The summed E-state index contributed by atoms with van der Waals surface area (Å²) in [6, 6.07) is 0. The molecule has 0 amide bonds. The smallest absolute Gasteiger partial charge is 0.305 e. The average Bonchev–Trinajstić information content (AvgIpc) is 1.52. The fourth-order valence-electron chi connectivity index (χ4n) is 33.6. The molecule has 0 aromatic rings. The van der Waals surface area contributed by atoms with Crippen molar-refractivity contribution >= 4 is 35.4 Å². The second kappa shape index (κ2) is 37.1. The van der Waals surface area contributed by atoms with Gasteiger partial charge in [0.05, 0.1) is 40.6 Å². The number of carbonyl (C=O) groups excluding carboxylic acids is 6. The monoisotopic (exact) mass is 1640 g/mol. The molecule has 0 saturated heterocycles.